The summed E-state index contributed by atoms with van der Waals surface area (Å²) in [5.41, 5.74) is 1.85. The molecule has 174 valence electrons. The zero-order chi connectivity index (χ0) is 24.7. The van der Waals surface area contributed by atoms with Crippen molar-refractivity contribution in [2.45, 2.75) is 18.4 Å². The number of hydrogen-bond acceptors (Lipinski definition) is 5. The molecule has 10 heteroatoms. The van der Waals surface area contributed by atoms with E-state index in [1.54, 1.807) is 48.5 Å². The third-order valence-corrected chi connectivity index (χ3v) is 6.91. The van der Waals surface area contributed by atoms with Crippen LogP contribution in [0.5, 0.6) is 0 Å². The van der Waals surface area contributed by atoms with E-state index in [1.165, 1.54) is 31.2 Å². The van der Waals surface area contributed by atoms with Crippen LogP contribution in [0.25, 0.3) is 0 Å². The van der Waals surface area contributed by atoms with Crippen LogP contribution in [0.15, 0.2) is 77.7 Å². The molecular weight excluding hydrogens is 476 g/mol. The van der Waals surface area contributed by atoms with Crippen molar-refractivity contribution in [3.8, 4) is 6.07 Å². The number of halogens is 1. The highest BCUT2D eigenvalue weighted by molar-refractivity contribution is 7.89. The molecule has 0 fully saturated rings. The van der Waals surface area contributed by atoms with Crippen molar-refractivity contribution in [1.82, 2.24) is 4.31 Å². The molecule has 2 N–H and O–H groups in total. The fourth-order valence-electron chi connectivity index (χ4n) is 3.09. The van der Waals surface area contributed by atoms with Crippen LogP contribution < -0.4 is 10.6 Å². The van der Waals surface area contributed by atoms with Gasteiger partial charge in [-0.1, -0.05) is 29.8 Å². The average molecular weight is 497 g/mol. The molecule has 3 aromatic rings. The Bertz CT molecular complexity index is 1330. The second-order valence-electron chi connectivity index (χ2n) is 7.31. The van der Waals surface area contributed by atoms with Crippen molar-refractivity contribution >= 4 is 44.8 Å². The third kappa shape index (κ3) is 6.42. The van der Waals surface area contributed by atoms with Gasteiger partial charge in [-0.15, -0.1) is 0 Å². The summed E-state index contributed by atoms with van der Waals surface area (Å²) in [5.74, 6) is -0.842. The van der Waals surface area contributed by atoms with Gasteiger partial charge in [0.05, 0.1) is 23.1 Å². The van der Waals surface area contributed by atoms with Gasteiger partial charge in [-0.2, -0.15) is 9.57 Å². The predicted molar refractivity (Wildman–Crippen MR) is 130 cm³/mol. The molecule has 0 atom stereocenters. The number of amides is 2. The number of benzene rings is 3. The van der Waals surface area contributed by atoms with Crippen LogP contribution in [-0.2, 0) is 26.2 Å². The van der Waals surface area contributed by atoms with Gasteiger partial charge in [0.1, 0.15) is 0 Å². The Morgan fingerprint density at radius 1 is 0.941 bits per heavy atom. The zero-order valence-corrected chi connectivity index (χ0v) is 19.7. The summed E-state index contributed by atoms with van der Waals surface area (Å²) in [5, 5.41) is 14.5. The third-order valence-electron chi connectivity index (χ3n) is 4.73. The smallest absolute Gasteiger partial charge is 0.243 e. The van der Waals surface area contributed by atoms with Gasteiger partial charge in [0, 0.05) is 29.9 Å². The van der Waals surface area contributed by atoms with Gasteiger partial charge >= 0.3 is 0 Å². The Hall–Kier alpha value is -3.71. The lowest BCUT2D eigenvalue weighted by atomic mass is 10.2. The molecular formula is C24H21ClN4O4S. The molecule has 0 radical (unpaired) electrons. The SMILES string of the molecule is CC(=O)Nc1ccc(S(=O)(=O)N(CC(=O)Nc2ccc(C#N)cc2)Cc2ccccc2Cl)cc1. The molecule has 3 rings (SSSR count). The standard InChI is InChI=1S/C24H21ClN4O4S/c1-17(30)27-20-10-12-22(13-11-20)34(32,33)29(15-19-4-2-3-5-23(19)25)16-24(31)28-21-8-6-18(14-26)7-9-21/h2-13H,15-16H2,1H3,(H,27,30)(H,28,31). The number of nitriles is 1. The van der Waals surface area contributed by atoms with Crippen LogP contribution >= 0.6 is 11.6 Å². The first-order valence-electron chi connectivity index (χ1n) is 10.1. The van der Waals surface area contributed by atoms with Crippen molar-refractivity contribution < 1.29 is 18.0 Å². The molecule has 0 spiro atoms. The highest BCUT2D eigenvalue weighted by Gasteiger charge is 2.27. The van der Waals surface area contributed by atoms with Crippen molar-refractivity contribution in [2.24, 2.45) is 0 Å². The molecule has 0 saturated heterocycles. The summed E-state index contributed by atoms with van der Waals surface area (Å²) in [4.78, 5) is 23.9. The Balaban J connectivity index is 1.87. The molecule has 34 heavy (non-hydrogen) atoms. The topological polar surface area (TPSA) is 119 Å². The lowest BCUT2D eigenvalue weighted by Crippen LogP contribution is -2.37. The first-order valence-corrected chi connectivity index (χ1v) is 11.9. The van der Waals surface area contributed by atoms with Gasteiger partial charge < -0.3 is 10.6 Å². The molecule has 0 aliphatic rings. The minimum Gasteiger partial charge on any atom is -0.326 e. The monoisotopic (exact) mass is 496 g/mol. The zero-order valence-electron chi connectivity index (χ0n) is 18.2. The minimum atomic E-state index is -4.10. The Morgan fingerprint density at radius 2 is 1.53 bits per heavy atom. The van der Waals surface area contributed by atoms with Crippen LogP contribution in [0.4, 0.5) is 11.4 Å². The Morgan fingerprint density at radius 3 is 2.12 bits per heavy atom. The van der Waals surface area contributed by atoms with E-state index in [2.05, 4.69) is 10.6 Å². The number of nitrogens with zero attached hydrogens (tertiary/aromatic N) is 2. The van der Waals surface area contributed by atoms with Gasteiger partial charge in [-0.05, 0) is 60.2 Å². The van der Waals surface area contributed by atoms with Crippen LogP contribution in [0, 0.1) is 11.3 Å². The fraction of sp³-hybridized carbons (Fsp3) is 0.125. The van der Waals surface area contributed by atoms with Crippen LogP contribution in [-0.4, -0.2) is 31.1 Å². The molecule has 2 amide bonds. The number of nitrogens with one attached hydrogen (secondary N) is 2. The van der Waals surface area contributed by atoms with Gasteiger partial charge in [-0.3, -0.25) is 9.59 Å². The Kier molecular flexibility index (Phi) is 8.02. The molecule has 0 aliphatic heterocycles. The number of anilines is 2. The molecule has 3 aromatic carbocycles. The second-order valence-corrected chi connectivity index (χ2v) is 9.65. The first kappa shape index (κ1) is 24.9. The maximum atomic E-state index is 13.4. The maximum absolute atomic E-state index is 13.4. The van der Waals surface area contributed by atoms with Crippen molar-refractivity contribution in [1.29, 1.82) is 5.26 Å². The van der Waals surface area contributed by atoms with E-state index in [9.17, 15) is 18.0 Å². The van der Waals surface area contributed by atoms with Crippen molar-refractivity contribution in [2.75, 3.05) is 17.2 Å². The average Bonchev–Trinajstić information content (AvgIpc) is 2.80. The van der Waals surface area contributed by atoms with E-state index in [0.717, 1.165) is 4.31 Å². The number of sulfonamides is 1. The Labute approximate surface area is 202 Å². The summed E-state index contributed by atoms with van der Waals surface area (Å²) in [6, 6.07) is 20.6. The van der Waals surface area contributed by atoms with Crippen molar-refractivity contribution in [3.05, 3.63) is 88.9 Å². The van der Waals surface area contributed by atoms with Gasteiger partial charge in [-0.25, -0.2) is 8.42 Å². The summed E-state index contributed by atoms with van der Waals surface area (Å²) in [6.45, 7) is 0.750. The van der Waals surface area contributed by atoms with E-state index in [4.69, 9.17) is 16.9 Å². The normalized spacial score (nSPS) is 11.0. The molecule has 8 nitrogen and oxygen atoms in total. The van der Waals surface area contributed by atoms with Gasteiger partial charge in [0.25, 0.3) is 0 Å². The largest absolute Gasteiger partial charge is 0.326 e. The molecule has 0 aliphatic carbocycles. The van der Waals surface area contributed by atoms with E-state index in [0.29, 0.717) is 27.5 Å². The predicted octanol–water partition coefficient (Wildman–Crippen LogP) is 4.00. The minimum absolute atomic E-state index is 0.0418. The molecule has 0 saturated carbocycles. The van der Waals surface area contributed by atoms with Gasteiger partial charge in [0.2, 0.25) is 21.8 Å². The first-order chi connectivity index (χ1) is 16.2. The highest BCUT2D eigenvalue weighted by atomic mass is 35.5. The van der Waals surface area contributed by atoms with E-state index in [-0.39, 0.29) is 17.3 Å². The maximum Gasteiger partial charge on any atom is 0.243 e. The molecule has 0 bridgehead atoms. The highest BCUT2D eigenvalue weighted by Crippen LogP contribution is 2.24. The summed E-state index contributed by atoms with van der Waals surface area (Å²) < 4.78 is 27.9. The second kappa shape index (κ2) is 10.9. The van der Waals surface area contributed by atoms with Crippen molar-refractivity contribution in [3.63, 3.8) is 0 Å². The van der Waals surface area contributed by atoms with E-state index in [1.807, 2.05) is 6.07 Å². The quantitative estimate of drug-likeness (QED) is 0.488. The fourth-order valence-corrected chi connectivity index (χ4v) is 4.66. The van der Waals surface area contributed by atoms with Crippen LogP contribution in [0.2, 0.25) is 5.02 Å². The molecule has 0 unspecified atom stereocenters. The number of carbonyl (C=O) groups excluding carboxylic acids is 2. The van der Waals surface area contributed by atoms with Crippen LogP contribution in [0.1, 0.15) is 18.1 Å². The lowest BCUT2D eigenvalue weighted by Gasteiger charge is -2.22. The molecule has 0 heterocycles. The van der Waals surface area contributed by atoms with Crippen LogP contribution in [0.3, 0.4) is 0 Å². The summed E-state index contributed by atoms with van der Waals surface area (Å²) in [6.07, 6.45) is 0. The number of rotatable bonds is 8. The number of carbonyl (C=O) groups is 2. The number of hydrogen-bond donors (Lipinski definition) is 2. The lowest BCUT2D eigenvalue weighted by molar-refractivity contribution is -0.116. The van der Waals surface area contributed by atoms with E-state index < -0.39 is 22.5 Å². The van der Waals surface area contributed by atoms with E-state index >= 15 is 0 Å². The molecule has 0 aromatic heterocycles. The summed E-state index contributed by atoms with van der Waals surface area (Å²) >= 11 is 6.24. The summed E-state index contributed by atoms with van der Waals surface area (Å²) in [7, 11) is -4.10. The van der Waals surface area contributed by atoms with Gasteiger partial charge in [0.15, 0.2) is 0 Å².